The Morgan fingerprint density at radius 1 is 1.13 bits per heavy atom. The summed E-state index contributed by atoms with van der Waals surface area (Å²) in [5.41, 5.74) is 1.71. The van der Waals surface area contributed by atoms with Gasteiger partial charge in [-0.05, 0) is 61.3 Å². The van der Waals surface area contributed by atoms with Gasteiger partial charge in [-0.3, -0.25) is 9.69 Å². The molecule has 1 amide bonds. The Morgan fingerprint density at radius 2 is 1.94 bits per heavy atom. The van der Waals surface area contributed by atoms with Crippen LogP contribution in [0, 0.1) is 5.82 Å². The molecule has 1 fully saturated rings. The minimum Gasteiger partial charge on any atom is -0.486 e. The van der Waals surface area contributed by atoms with Crippen LogP contribution in [-0.4, -0.2) is 40.8 Å². The molecular weight excluding hydrogens is 419 g/mol. The van der Waals surface area contributed by atoms with Crippen molar-refractivity contribution >= 4 is 22.9 Å². The van der Waals surface area contributed by atoms with E-state index in [1.807, 2.05) is 6.07 Å². The number of fused-ring (bicyclic) bond motifs is 1. The predicted octanol–water partition coefficient (Wildman–Crippen LogP) is 4.04. The lowest BCUT2D eigenvalue weighted by Gasteiger charge is -2.25. The summed E-state index contributed by atoms with van der Waals surface area (Å²) < 4.78 is 24.4. The highest BCUT2D eigenvalue weighted by Crippen LogP contribution is 2.38. The second kappa shape index (κ2) is 8.60. The number of rotatable bonds is 5. The minimum atomic E-state index is -0.352. The quantitative estimate of drug-likeness (QED) is 0.645. The Hall–Kier alpha value is -3.04. The van der Waals surface area contributed by atoms with Crippen LogP contribution in [0.2, 0.25) is 0 Å². The topological polar surface area (TPSA) is 76.6 Å². The minimum absolute atomic E-state index is 0.260. The largest absolute Gasteiger partial charge is 0.486 e. The van der Waals surface area contributed by atoms with E-state index < -0.39 is 0 Å². The lowest BCUT2D eigenvalue weighted by Crippen LogP contribution is -2.23. The highest BCUT2D eigenvalue weighted by atomic mass is 32.1. The maximum absolute atomic E-state index is 13.0. The molecule has 0 aliphatic carbocycles. The molecule has 0 spiro atoms. The number of hydrogen-bond donors (Lipinski definition) is 1. The van der Waals surface area contributed by atoms with Crippen LogP contribution in [0.1, 0.15) is 39.3 Å². The summed E-state index contributed by atoms with van der Waals surface area (Å²) in [5, 5.41) is 12.1. The lowest BCUT2D eigenvalue weighted by molar-refractivity contribution is 0.102. The predicted molar refractivity (Wildman–Crippen MR) is 114 cm³/mol. The first-order chi connectivity index (χ1) is 15.2. The summed E-state index contributed by atoms with van der Waals surface area (Å²) in [6.07, 6.45) is 2.15. The summed E-state index contributed by atoms with van der Waals surface area (Å²) >= 11 is 1.28. The molecule has 2 aliphatic rings. The molecule has 2 aromatic carbocycles. The molecule has 5 rings (SSSR count). The zero-order chi connectivity index (χ0) is 21.2. The van der Waals surface area contributed by atoms with Gasteiger partial charge in [-0.15, -0.1) is 10.2 Å². The molecule has 31 heavy (non-hydrogen) atoms. The number of ether oxygens (including phenoxy) is 2. The van der Waals surface area contributed by atoms with Crippen LogP contribution in [-0.2, 0) is 6.54 Å². The molecule has 9 heteroatoms. The normalized spacial score (nSPS) is 18.2. The van der Waals surface area contributed by atoms with E-state index in [9.17, 15) is 9.18 Å². The number of nitrogens with zero attached hydrogens (tertiary/aromatic N) is 3. The van der Waals surface area contributed by atoms with Gasteiger partial charge in [-0.25, -0.2) is 4.39 Å². The van der Waals surface area contributed by atoms with Crippen molar-refractivity contribution in [3.63, 3.8) is 0 Å². The number of amides is 1. The first-order valence-electron chi connectivity index (χ1n) is 10.2. The van der Waals surface area contributed by atoms with E-state index in [1.54, 1.807) is 0 Å². The lowest BCUT2D eigenvalue weighted by atomic mass is 10.0. The van der Waals surface area contributed by atoms with Gasteiger partial charge in [0.1, 0.15) is 24.0 Å². The summed E-state index contributed by atoms with van der Waals surface area (Å²) in [4.78, 5) is 14.8. The van der Waals surface area contributed by atoms with Crippen molar-refractivity contribution in [1.29, 1.82) is 0 Å². The van der Waals surface area contributed by atoms with Gasteiger partial charge in [0.15, 0.2) is 11.5 Å². The van der Waals surface area contributed by atoms with Crippen LogP contribution in [0.5, 0.6) is 11.5 Å². The molecule has 1 saturated heterocycles. The van der Waals surface area contributed by atoms with Gasteiger partial charge in [0.2, 0.25) is 5.01 Å². The Kier molecular flexibility index (Phi) is 5.52. The molecule has 1 unspecified atom stereocenters. The second-order valence-electron chi connectivity index (χ2n) is 7.49. The van der Waals surface area contributed by atoms with E-state index in [0.717, 1.165) is 35.9 Å². The van der Waals surface area contributed by atoms with Gasteiger partial charge >= 0.3 is 0 Å². The van der Waals surface area contributed by atoms with Crippen LogP contribution >= 0.6 is 11.3 Å². The average molecular weight is 441 g/mol. The smallest absolute Gasteiger partial charge is 0.286 e. The Morgan fingerprint density at radius 3 is 2.77 bits per heavy atom. The van der Waals surface area contributed by atoms with Crippen molar-refractivity contribution in [2.75, 3.05) is 25.1 Å². The van der Waals surface area contributed by atoms with E-state index in [-0.39, 0.29) is 22.8 Å². The van der Waals surface area contributed by atoms with E-state index in [2.05, 4.69) is 32.5 Å². The van der Waals surface area contributed by atoms with E-state index in [0.29, 0.717) is 25.4 Å². The monoisotopic (exact) mass is 440 g/mol. The molecule has 1 atom stereocenters. The standard InChI is InChI=1S/C22H21FN4O3S/c23-15-4-6-16(7-5-15)24-21(28)22-26-25-20(31-22)13-27-9-1-2-17(27)14-3-8-18-19(12-14)30-11-10-29-18/h3-8,12,17H,1-2,9-11,13H2,(H,24,28). The molecule has 2 aliphatic heterocycles. The first-order valence-corrected chi connectivity index (χ1v) is 11.0. The number of halogens is 1. The highest BCUT2D eigenvalue weighted by Gasteiger charge is 2.28. The average Bonchev–Trinajstić information content (AvgIpc) is 3.45. The molecule has 3 heterocycles. The summed E-state index contributed by atoms with van der Waals surface area (Å²) in [5.74, 6) is 0.890. The fourth-order valence-corrected chi connectivity index (χ4v) is 4.72. The SMILES string of the molecule is O=C(Nc1ccc(F)cc1)c1nnc(CN2CCCC2c2ccc3c(c2)OCCO3)s1. The third-order valence-corrected chi connectivity index (χ3v) is 6.32. The molecule has 7 nitrogen and oxygen atoms in total. The molecule has 3 aromatic rings. The summed E-state index contributed by atoms with van der Waals surface area (Å²) in [7, 11) is 0. The number of likely N-dealkylation sites (tertiary alicyclic amines) is 1. The number of carbonyl (C=O) groups is 1. The number of hydrogen-bond acceptors (Lipinski definition) is 7. The van der Waals surface area contributed by atoms with E-state index in [1.165, 1.54) is 41.2 Å². The second-order valence-corrected chi connectivity index (χ2v) is 8.56. The zero-order valence-electron chi connectivity index (χ0n) is 16.7. The van der Waals surface area contributed by atoms with Crippen molar-refractivity contribution in [3.8, 4) is 11.5 Å². The molecule has 0 bridgehead atoms. The fourth-order valence-electron chi connectivity index (χ4n) is 3.96. The third kappa shape index (κ3) is 4.38. The highest BCUT2D eigenvalue weighted by molar-refractivity contribution is 7.13. The molecule has 1 aromatic heterocycles. The van der Waals surface area contributed by atoms with E-state index in [4.69, 9.17) is 9.47 Å². The van der Waals surface area contributed by atoms with Crippen molar-refractivity contribution in [2.45, 2.75) is 25.4 Å². The third-order valence-electron chi connectivity index (χ3n) is 5.42. The molecule has 160 valence electrons. The van der Waals surface area contributed by atoms with Crippen LogP contribution in [0.4, 0.5) is 10.1 Å². The van der Waals surface area contributed by atoms with Crippen molar-refractivity contribution in [2.24, 2.45) is 0 Å². The maximum Gasteiger partial charge on any atom is 0.286 e. The number of nitrogens with one attached hydrogen (secondary N) is 1. The van der Waals surface area contributed by atoms with Crippen LogP contribution in [0.3, 0.4) is 0 Å². The van der Waals surface area contributed by atoms with Gasteiger partial charge in [-0.2, -0.15) is 0 Å². The van der Waals surface area contributed by atoms with Gasteiger partial charge in [0.25, 0.3) is 5.91 Å². The van der Waals surface area contributed by atoms with Crippen molar-refractivity contribution in [1.82, 2.24) is 15.1 Å². The number of anilines is 1. The van der Waals surface area contributed by atoms with Crippen molar-refractivity contribution < 1.29 is 18.7 Å². The number of benzene rings is 2. The Bertz CT molecular complexity index is 1090. The zero-order valence-corrected chi connectivity index (χ0v) is 17.5. The van der Waals surface area contributed by atoms with Crippen molar-refractivity contribution in [3.05, 3.63) is 63.9 Å². The fraction of sp³-hybridized carbons (Fsp3) is 0.318. The van der Waals surface area contributed by atoms with Gasteiger partial charge in [0, 0.05) is 11.7 Å². The van der Waals surface area contributed by atoms with Crippen LogP contribution in [0.15, 0.2) is 42.5 Å². The number of carbonyl (C=O) groups excluding carboxylic acids is 1. The van der Waals surface area contributed by atoms with Gasteiger partial charge in [-0.1, -0.05) is 17.4 Å². The Balaban J connectivity index is 1.26. The van der Waals surface area contributed by atoms with Gasteiger partial charge in [0.05, 0.1) is 6.54 Å². The molecule has 0 saturated carbocycles. The molecule has 0 radical (unpaired) electrons. The maximum atomic E-state index is 13.0. The summed E-state index contributed by atoms with van der Waals surface area (Å²) in [6.45, 7) is 2.73. The number of aromatic nitrogens is 2. The van der Waals surface area contributed by atoms with Crippen LogP contribution in [0.25, 0.3) is 0 Å². The summed E-state index contributed by atoms with van der Waals surface area (Å²) in [6, 6.07) is 12.0. The molecular formula is C22H21FN4O3S. The first kappa shape index (κ1) is 19.9. The molecule has 1 N–H and O–H groups in total. The van der Waals surface area contributed by atoms with Crippen LogP contribution < -0.4 is 14.8 Å². The van der Waals surface area contributed by atoms with Gasteiger partial charge < -0.3 is 14.8 Å². The Labute approximate surface area is 182 Å². The van der Waals surface area contributed by atoms with E-state index >= 15 is 0 Å².